The van der Waals surface area contributed by atoms with Crippen LogP contribution in [-0.2, 0) is 4.74 Å². The summed E-state index contributed by atoms with van der Waals surface area (Å²) in [6.07, 6.45) is 0. The van der Waals surface area contributed by atoms with Gasteiger partial charge in [0.1, 0.15) is 10.2 Å². The highest BCUT2D eigenvalue weighted by atomic mass is 79.9. The average molecular weight is 274 g/mol. The predicted octanol–water partition coefficient (Wildman–Crippen LogP) is 2.42. The van der Waals surface area contributed by atoms with Crippen LogP contribution in [0.1, 0.15) is 24.2 Å². The number of rotatable bonds is 4. The Kier molecular flexibility index (Phi) is 4.55. The van der Waals surface area contributed by atoms with Crippen LogP contribution >= 0.6 is 15.9 Å². The molecule has 0 radical (unpaired) electrons. The van der Waals surface area contributed by atoms with Crippen LogP contribution in [0.4, 0.5) is 0 Å². The van der Waals surface area contributed by atoms with E-state index in [0.29, 0.717) is 29.3 Å². The smallest absolute Gasteiger partial charge is 0.343 e. The number of esters is 1. The molecular weight excluding hydrogens is 262 g/mol. The fraction of sp³-hybridized carbons (Fsp3) is 0.400. The monoisotopic (exact) mass is 273 g/mol. The summed E-state index contributed by atoms with van der Waals surface area (Å²) >= 11 is 3.21. The Bertz CT molecular complexity index is 355. The lowest BCUT2D eigenvalue weighted by molar-refractivity contribution is 0.0521. The van der Waals surface area contributed by atoms with E-state index in [-0.39, 0.29) is 0 Å². The van der Waals surface area contributed by atoms with Crippen LogP contribution in [0.25, 0.3) is 0 Å². The molecule has 1 rings (SSSR count). The van der Waals surface area contributed by atoms with Crippen molar-refractivity contribution in [2.75, 3.05) is 13.2 Å². The lowest BCUT2D eigenvalue weighted by atomic mass is 10.3. The zero-order valence-corrected chi connectivity index (χ0v) is 10.2. The van der Waals surface area contributed by atoms with Crippen molar-refractivity contribution in [1.82, 2.24) is 4.98 Å². The molecule has 82 valence electrons. The minimum Gasteiger partial charge on any atom is -0.477 e. The van der Waals surface area contributed by atoms with E-state index in [9.17, 15) is 4.79 Å². The van der Waals surface area contributed by atoms with E-state index in [1.807, 2.05) is 6.92 Å². The number of ether oxygens (including phenoxy) is 2. The molecule has 0 N–H and O–H groups in total. The molecule has 1 heterocycles. The van der Waals surface area contributed by atoms with E-state index in [1.165, 1.54) is 0 Å². The van der Waals surface area contributed by atoms with Crippen molar-refractivity contribution >= 4 is 21.9 Å². The van der Waals surface area contributed by atoms with E-state index in [1.54, 1.807) is 19.1 Å². The summed E-state index contributed by atoms with van der Waals surface area (Å²) in [6.45, 7) is 4.37. The molecule has 1 aromatic heterocycles. The van der Waals surface area contributed by atoms with E-state index in [0.717, 1.165) is 0 Å². The van der Waals surface area contributed by atoms with Crippen LogP contribution in [0.15, 0.2) is 16.7 Å². The zero-order chi connectivity index (χ0) is 11.3. The van der Waals surface area contributed by atoms with Gasteiger partial charge in [-0.15, -0.1) is 0 Å². The normalized spacial score (nSPS) is 9.80. The zero-order valence-electron chi connectivity index (χ0n) is 8.62. The van der Waals surface area contributed by atoms with Gasteiger partial charge in [0.25, 0.3) is 0 Å². The van der Waals surface area contributed by atoms with Crippen molar-refractivity contribution in [1.29, 1.82) is 0 Å². The minimum atomic E-state index is -0.416. The largest absolute Gasteiger partial charge is 0.477 e. The maximum absolute atomic E-state index is 11.5. The quantitative estimate of drug-likeness (QED) is 0.625. The second-order valence-corrected chi connectivity index (χ2v) is 3.45. The molecule has 0 spiro atoms. The summed E-state index contributed by atoms with van der Waals surface area (Å²) in [4.78, 5) is 15.6. The number of carbonyl (C=O) groups is 1. The molecule has 0 atom stereocenters. The van der Waals surface area contributed by atoms with Crippen molar-refractivity contribution < 1.29 is 14.3 Å². The van der Waals surface area contributed by atoms with Gasteiger partial charge in [-0.1, -0.05) is 0 Å². The second kappa shape index (κ2) is 5.70. The molecule has 0 aliphatic rings. The number of carbonyl (C=O) groups excluding carboxylic acids is 1. The van der Waals surface area contributed by atoms with Crippen molar-refractivity contribution in [3.05, 3.63) is 22.3 Å². The lowest BCUT2D eigenvalue weighted by Gasteiger charge is -2.08. The van der Waals surface area contributed by atoms with Gasteiger partial charge in [0, 0.05) is 0 Å². The van der Waals surface area contributed by atoms with Gasteiger partial charge < -0.3 is 9.47 Å². The van der Waals surface area contributed by atoms with Crippen molar-refractivity contribution in [3.63, 3.8) is 0 Å². The van der Waals surface area contributed by atoms with Crippen LogP contribution < -0.4 is 4.74 Å². The lowest BCUT2D eigenvalue weighted by Crippen LogP contribution is -2.09. The van der Waals surface area contributed by atoms with Crippen LogP contribution in [-0.4, -0.2) is 24.2 Å². The van der Waals surface area contributed by atoms with E-state index >= 15 is 0 Å². The molecule has 0 unspecified atom stereocenters. The fourth-order valence-electron chi connectivity index (χ4n) is 1.03. The predicted molar refractivity (Wildman–Crippen MR) is 59.1 cm³/mol. The first-order valence-corrected chi connectivity index (χ1v) is 5.44. The average Bonchev–Trinajstić information content (AvgIpc) is 2.18. The molecular formula is C10H12BrNO3. The molecule has 0 fully saturated rings. The molecule has 0 saturated heterocycles. The van der Waals surface area contributed by atoms with Gasteiger partial charge >= 0.3 is 5.97 Å². The van der Waals surface area contributed by atoms with Crippen molar-refractivity contribution in [2.45, 2.75) is 13.8 Å². The Morgan fingerprint density at radius 2 is 2.13 bits per heavy atom. The van der Waals surface area contributed by atoms with Crippen LogP contribution in [0.3, 0.4) is 0 Å². The summed E-state index contributed by atoms with van der Waals surface area (Å²) in [5.41, 5.74) is 0.349. The number of hydrogen-bond donors (Lipinski definition) is 0. The van der Waals surface area contributed by atoms with E-state index in [4.69, 9.17) is 9.47 Å². The third-order valence-corrected chi connectivity index (χ3v) is 2.04. The first-order chi connectivity index (χ1) is 7.19. The molecule has 0 aliphatic heterocycles. The number of nitrogens with zero attached hydrogens (tertiary/aromatic N) is 1. The van der Waals surface area contributed by atoms with Gasteiger partial charge in [-0.3, -0.25) is 0 Å². The summed E-state index contributed by atoms with van der Waals surface area (Å²) in [5.74, 6) is -0.119. The molecule has 0 aromatic carbocycles. The van der Waals surface area contributed by atoms with Gasteiger partial charge in [-0.2, -0.15) is 0 Å². The number of hydrogen-bond acceptors (Lipinski definition) is 4. The topological polar surface area (TPSA) is 48.4 Å². The molecule has 0 bridgehead atoms. The van der Waals surface area contributed by atoms with Gasteiger partial charge in [0.05, 0.1) is 13.2 Å². The highest BCUT2D eigenvalue weighted by Crippen LogP contribution is 2.20. The number of halogens is 1. The molecule has 4 nitrogen and oxygen atoms in total. The fourth-order valence-corrected chi connectivity index (χ4v) is 1.32. The number of aromatic nitrogens is 1. The van der Waals surface area contributed by atoms with Crippen molar-refractivity contribution in [2.24, 2.45) is 0 Å². The Balaban J connectivity index is 2.99. The summed E-state index contributed by atoms with van der Waals surface area (Å²) in [6, 6.07) is 3.30. The maximum atomic E-state index is 11.5. The minimum absolute atomic E-state index is 0.297. The van der Waals surface area contributed by atoms with Gasteiger partial charge in [-0.25, -0.2) is 9.78 Å². The molecule has 0 aliphatic carbocycles. The van der Waals surface area contributed by atoms with Crippen molar-refractivity contribution in [3.8, 4) is 5.88 Å². The summed E-state index contributed by atoms with van der Waals surface area (Å²) in [7, 11) is 0. The van der Waals surface area contributed by atoms with E-state index < -0.39 is 5.97 Å². The first-order valence-electron chi connectivity index (χ1n) is 4.65. The number of pyridine rings is 1. The standard InChI is InChI=1S/C10H12BrNO3/c1-3-14-9-7(10(13)15-4-2)5-6-8(11)12-9/h5-6H,3-4H2,1-2H3. The molecule has 15 heavy (non-hydrogen) atoms. The van der Waals surface area contributed by atoms with Crippen LogP contribution in [0.5, 0.6) is 5.88 Å². The van der Waals surface area contributed by atoms with Gasteiger partial charge in [0.2, 0.25) is 5.88 Å². The third kappa shape index (κ3) is 3.20. The molecule has 0 saturated carbocycles. The third-order valence-electron chi connectivity index (χ3n) is 1.60. The van der Waals surface area contributed by atoms with Crippen LogP contribution in [0.2, 0.25) is 0 Å². The SMILES string of the molecule is CCOC(=O)c1ccc(Br)nc1OCC. The Labute approximate surface area is 96.7 Å². The van der Waals surface area contributed by atoms with E-state index in [2.05, 4.69) is 20.9 Å². The highest BCUT2D eigenvalue weighted by molar-refractivity contribution is 9.10. The Morgan fingerprint density at radius 3 is 2.73 bits per heavy atom. The van der Waals surface area contributed by atoms with Gasteiger partial charge in [-0.05, 0) is 41.9 Å². The van der Waals surface area contributed by atoms with Gasteiger partial charge in [0.15, 0.2) is 0 Å². The molecule has 1 aromatic rings. The summed E-state index contributed by atoms with van der Waals surface area (Å²) in [5, 5.41) is 0. The molecule has 5 heteroatoms. The van der Waals surface area contributed by atoms with Crippen LogP contribution in [0, 0.1) is 0 Å². The highest BCUT2D eigenvalue weighted by Gasteiger charge is 2.15. The summed E-state index contributed by atoms with van der Waals surface area (Å²) < 4.78 is 10.7. The Morgan fingerprint density at radius 1 is 1.40 bits per heavy atom. The maximum Gasteiger partial charge on any atom is 0.343 e. The second-order valence-electron chi connectivity index (χ2n) is 2.64. The Hall–Kier alpha value is -1.10. The molecule has 0 amide bonds. The first kappa shape index (κ1) is 12.0.